The van der Waals surface area contributed by atoms with Gasteiger partial charge in [-0.15, -0.1) is 0 Å². The van der Waals surface area contributed by atoms with Gasteiger partial charge in [-0.1, -0.05) is 29.3 Å². The molecule has 1 aliphatic carbocycles. The first-order valence-corrected chi connectivity index (χ1v) is 14.0. The number of benzene rings is 1. The van der Waals surface area contributed by atoms with Gasteiger partial charge in [-0.2, -0.15) is 18.2 Å². The molecule has 39 heavy (non-hydrogen) atoms. The third-order valence-electron chi connectivity index (χ3n) is 8.62. The van der Waals surface area contributed by atoms with Crippen LogP contribution in [0.1, 0.15) is 56.7 Å². The molecule has 212 valence electrons. The number of aliphatic carboxylic acids is 1. The Bertz CT molecular complexity index is 1230. The number of carbonyl (C=O) groups is 1. The number of hydrogen-bond acceptors (Lipinski definition) is 6. The molecular weight excluding hydrogens is 554 g/mol. The highest BCUT2D eigenvalue weighted by molar-refractivity contribution is 6.35. The van der Waals surface area contributed by atoms with Crippen molar-refractivity contribution in [3.63, 3.8) is 0 Å². The molecular formula is C27H32Cl2F3N5O2. The van der Waals surface area contributed by atoms with Crippen LogP contribution >= 0.6 is 23.2 Å². The van der Waals surface area contributed by atoms with Crippen molar-refractivity contribution in [3.8, 4) is 0 Å². The Morgan fingerprint density at radius 1 is 1.21 bits per heavy atom. The molecule has 1 aromatic carbocycles. The third kappa shape index (κ3) is 5.79. The second kappa shape index (κ2) is 10.6. The number of aromatic nitrogens is 2. The smallest absolute Gasteiger partial charge is 0.421 e. The molecule has 0 spiro atoms. The molecule has 0 unspecified atom stereocenters. The standard InChI is InChI=1S/C27H32Cl2F3N5O2/c1-15(20-6-5-18(28)8-22(20)29)34-23-21(27(30,31)32)11-33-25(35-23)37-13-17(14-37)16-4-3-7-36(12-16)19-9-26(2,10-19)24(38)39/h5-6,8,11,15-17,19H,3-4,7,9-10,12-14H2,1-2H3,(H,38,39)(H,33,34,35)/t15-,16+,19?,26?/m1/s1. The summed E-state index contributed by atoms with van der Waals surface area (Å²) >= 11 is 12.2. The van der Waals surface area contributed by atoms with Gasteiger partial charge in [-0.05, 0) is 75.6 Å². The van der Waals surface area contributed by atoms with E-state index in [1.165, 1.54) is 0 Å². The van der Waals surface area contributed by atoms with Crippen LogP contribution in [0.15, 0.2) is 24.4 Å². The number of rotatable bonds is 7. The van der Waals surface area contributed by atoms with E-state index in [0.717, 1.165) is 32.1 Å². The van der Waals surface area contributed by atoms with Crippen LogP contribution in [-0.2, 0) is 11.0 Å². The molecule has 0 radical (unpaired) electrons. The van der Waals surface area contributed by atoms with Crippen molar-refractivity contribution in [2.24, 2.45) is 17.3 Å². The fraction of sp³-hybridized carbons (Fsp3) is 0.593. The van der Waals surface area contributed by atoms with Gasteiger partial charge < -0.3 is 20.2 Å². The number of carboxylic acid groups (broad SMARTS) is 1. The largest absolute Gasteiger partial charge is 0.481 e. The number of halogens is 5. The molecule has 1 aromatic heterocycles. The summed E-state index contributed by atoms with van der Waals surface area (Å²) in [6.07, 6.45) is -0.255. The van der Waals surface area contributed by atoms with E-state index < -0.39 is 29.2 Å². The first-order valence-electron chi connectivity index (χ1n) is 13.2. The van der Waals surface area contributed by atoms with Crippen LogP contribution < -0.4 is 10.2 Å². The summed E-state index contributed by atoms with van der Waals surface area (Å²) in [6, 6.07) is 4.63. The highest BCUT2D eigenvalue weighted by Gasteiger charge is 2.50. The molecule has 5 rings (SSSR count). The maximum absolute atomic E-state index is 13.8. The van der Waals surface area contributed by atoms with Crippen LogP contribution in [0.25, 0.3) is 0 Å². The van der Waals surface area contributed by atoms with Gasteiger partial charge in [0.25, 0.3) is 0 Å². The van der Waals surface area contributed by atoms with Crippen LogP contribution in [0.3, 0.4) is 0 Å². The molecule has 2 saturated heterocycles. The maximum Gasteiger partial charge on any atom is 0.421 e. The molecule has 2 N–H and O–H groups in total. The Kier molecular flexibility index (Phi) is 7.67. The number of nitrogens with zero attached hydrogens (tertiary/aromatic N) is 4. The minimum atomic E-state index is -4.62. The Labute approximate surface area is 235 Å². The average molecular weight is 586 g/mol. The summed E-state index contributed by atoms with van der Waals surface area (Å²) < 4.78 is 41.3. The van der Waals surface area contributed by atoms with E-state index in [4.69, 9.17) is 23.2 Å². The lowest BCUT2D eigenvalue weighted by molar-refractivity contribution is -0.158. The van der Waals surface area contributed by atoms with Crippen molar-refractivity contribution >= 4 is 40.9 Å². The summed E-state index contributed by atoms with van der Waals surface area (Å²) in [5.41, 5.74) is -0.945. The van der Waals surface area contributed by atoms with Crippen molar-refractivity contribution < 1.29 is 23.1 Å². The van der Waals surface area contributed by atoms with Crippen LogP contribution in [0.2, 0.25) is 10.0 Å². The maximum atomic E-state index is 13.8. The number of hydrogen-bond donors (Lipinski definition) is 2. The first-order chi connectivity index (χ1) is 18.3. The van der Waals surface area contributed by atoms with Crippen LogP contribution in [0.4, 0.5) is 24.9 Å². The molecule has 2 aliphatic heterocycles. The molecule has 2 aromatic rings. The fourth-order valence-corrected chi connectivity index (χ4v) is 6.69. The fourth-order valence-electron chi connectivity index (χ4n) is 6.12. The predicted molar refractivity (Wildman–Crippen MR) is 144 cm³/mol. The van der Waals surface area contributed by atoms with Crippen molar-refractivity contribution in [1.82, 2.24) is 14.9 Å². The average Bonchev–Trinajstić information content (AvgIpc) is 2.80. The van der Waals surface area contributed by atoms with E-state index in [9.17, 15) is 23.1 Å². The second-order valence-corrected chi connectivity index (χ2v) is 12.3. The van der Waals surface area contributed by atoms with E-state index >= 15 is 0 Å². The first kappa shape index (κ1) is 28.2. The van der Waals surface area contributed by atoms with E-state index in [0.29, 0.717) is 59.4 Å². The second-order valence-electron chi connectivity index (χ2n) is 11.5. The van der Waals surface area contributed by atoms with Gasteiger partial charge in [0, 0.05) is 41.9 Å². The number of nitrogens with one attached hydrogen (secondary N) is 1. The molecule has 3 aliphatic rings. The van der Waals surface area contributed by atoms with Gasteiger partial charge in [-0.3, -0.25) is 4.79 Å². The Hall–Kier alpha value is -2.30. The molecule has 0 amide bonds. The Morgan fingerprint density at radius 2 is 1.92 bits per heavy atom. The molecule has 12 heteroatoms. The van der Waals surface area contributed by atoms with Crippen LogP contribution in [0, 0.1) is 17.3 Å². The lowest BCUT2D eigenvalue weighted by Gasteiger charge is -2.52. The Morgan fingerprint density at radius 3 is 2.56 bits per heavy atom. The van der Waals surface area contributed by atoms with Gasteiger partial charge >= 0.3 is 12.1 Å². The molecule has 0 bridgehead atoms. The van der Waals surface area contributed by atoms with E-state index in [2.05, 4.69) is 20.2 Å². The predicted octanol–water partition coefficient (Wildman–Crippen LogP) is 6.38. The zero-order valence-electron chi connectivity index (χ0n) is 21.8. The topological polar surface area (TPSA) is 81.6 Å². The van der Waals surface area contributed by atoms with Crippen molar-refractivity contribution in [1.29, 1.82) is 0 Å². The lowest BCUT2D eigenvalue weighted by atomic mass is 9.65. The van der Waals surface area contributed by atoms with Crippen LogP contribution in [-0.4, -0.2) is 58.2 Å². The molecule has 2 atom stereocenters. The van der Waals surface area contributed by atoms with Crippen molar-refractivity contribution in [2.45, 2.75) is 57.8 Å². The normalized spacial score (nSPS) is 27.0. The van der Waals surface area contributed by atoms with Gasteiger partial charge in [0.1, 0.15) is 11.4 Å². The van der Waals surface area contributed by atoms with Gasteiger partial charge in [-0.25, -0.2) is 4.98 Å². The molecule has 1 saturated carbocycles. The zero-order valence-corrected chi connectivity index (χ0v) is 23.3. The molecule has 3 heterocycles. The van der Waals surface area contributed by atoms with Crippen LogP contribution in [0.5, 0.6) is 0 Å². The number of piperidine rings is 1. The SMILES string of the molecule is C[C@@H](Nc1nc(N2CC([C@H]3CCCN(C4CC(C)(C(=O)O)C4)C3)C2)ncc1C(F)(F)F)c1ccc(Cl)cc1Cl. The van der Waals surface area contributed by atoms with Gasteiger partial charge in [0.15, 0.2) is 0 Å². The van der Waals surface area contributed by atoms with E-state index in [1.54, 1.807) is 25.1 Å². The van der Waals surface area contributed by atoms with E-state index in [-0.39, 0.29) is 11.8 Å². The summed E-state index contributed by atoms with van der Waals surface area (Å²) in [5, 5.41) is 13.1. The molecule has 3 fully saturated rings. The number of alkyl halides is 3. The number of anilines is 2. The van der Waals surface area contributed by atoms with Crippen molar-refractivity contribution in [3.05, 3.63) is 45.6 Å². The Balaban J connectivity index is 1.24. The minimum Gasteiger partial charge on any atom is -0.481 e. The summed E-state index contributed by atoms with van der Waals surface area (Å²) in [7, 11) is 0. The third-order valence-corrected chi connectivity index (χ3v) is 9.18. The zero-order chi connectivity index (χ0) is 28.1. The summed E-state index contributed by atoms with van der Waals surface area (Å²) in [5.74, 6) is 0.112. The van der Waals surface area contributed by atoms with Gasteiger partial charge in [0.05, 0.1) is 11.5 Å². The van der Waals surface area contributed by atoms with Gasteiger partial charge in [0.2, 0.25) is 5.95 Å². The summed E-state index contributed by atoms with van der Waals surface area (Å²) in [6.45, 7) is 6.81. The molecule has 7 nitrogen and oxygen atoms in total. The minimum absolute atomic E-state index is 0.264. The van der Waals surface area contributed by atoms with E-state index in [1.807, 2.05) is 11.8 Å². The monoisotopic (exact) mass is 585 g/mol. The number of likely N-dealkylation sites (tertiary alicyclic amines) is 1. The highest BCUT2D eigenvalue weighted by Crippen LogP contribution is 2.45. The quantitative estimate of drug-likeness (QED) is 0.390. The lowest BCUT2D eigenvalue weighted by Crippen LogP contribution is -2.58. The van der Waals surface area contributed by atoms with Crippen molar-refractivity contribution in [2.75, 3.05) is 36.4 Å². The summed E-state index contributed by atoms with van der Waals surface area (Å²) in [4.78, 5) is 24.2. The highest BCUT2D eigenvalue weighted by atomic mass is 35.5. The number of carboxylic acids is 1.